The van der Waals surface area contributed by atoms with Crippen molar-refractivity contribution in [3.63, 3.8) is 0 Å². The Hall–Kier alpha value is -0.610. The van der Waals surface area contributed by atoms with Crippen LogP contribution in [0.25, 0.3) is 0 Å². The summed E-state index contributed by atoms with van der Waals surface area (Å²) in [4.78, 5) is 16.7. The first-order chi connectivity index (χ1) is 9.47. The molecule has 1 aliphatic rings. The number of likely N-dealkylation sites (N-methyl/N-ethyl adjacent to an activating group) is 2. The lowest BCUT2D eigenvalue weighted by atomic mass is 9.80. The number of nitrogens with two attached hydrogens (primary N) is 1. The van der Waals surface area contributed by atoms with Crippen LogP contribution in [-0.2, 0) is 4.79 Å². The summed E-state index contributed by atoms with van der Waals surface area (Å²) >= 11 is 0. The number of carbonyl (C=O) groups excluding carboxylic acids is 1. The summed E-state index contributed by atoms with van der Waals surface area (Å²) < 4.78 is 0. The molecule has 0 radical (unpaired) electrons. The molecule has 4 nitrogen and oxygen atoms in total. The van der Waals surface area contributed by atoms with E-state index in [1.165, 1.54) is 25.7 Å². The van der Waals surface area contributed by atoms with Gasteiger partial charge >= 0.3 is 0 Å². The van der Waals surface area contributed by atoms with Crippen molar-refractivity contribution in [2.45, 2.75) is 52.0 Å². The molecule has 0 aromatic carbocycles. The highest BCUT2D eigenvalue weighted by Crippen LogP contribution is 2.30. The number of nitrogens with zero attached hydrogens (tertiary/aromatic N) is 2. The molecule has 0 aliphatic heterocycles. The van der Waals surface area contributed by atoms with E-state index in [0.29, 0.717) is 23.8 Å². The van der Waals surface area contributed by atoms with E-state index in [0.717, 1.165) is 26.1 Å². The van der Waals surface area contributed by atoms with Crippen LogP contribution in [0.5, 0.6) is 0 Å². The van der Waals surface area contributed by atoms with Crippen LogP contribution in [0.3, 0.4) is 0 Å². The maximum Gasteiger partial charge on any atom is 0.223 e. The summed E-state index contributed by atoms with van der Waals surface area (Å²) in [5.41, 5.74) is 5.73. The molecule has 0 spiro atoms. The fourth-order valence-electron chi connectivity index (χ4n) is 3.40. The standard InChI is InChI=1S/C16H33N3O/c1-5-19(13(2)12-18(3)4)16(20)10-14-6-8-15(11-17)9-7-14/h13-15H,5-12,17H2,1-4H3. The van der Waals surface area contributed by atoms with Crippen molar-refractivity contribution < 1.29 is 4.79 Å². The minimum Gasteiger partial charge on any atom is -0.339 e. The molecular formula is C16H33N3O. The van der Waals surface area contributed by atoms with Gasteiger partial charge in [0.15, 0.2) is 0 Å². The highest BCUT2D eigenvalue weighted by atomic mass is 16.2. The molecule has 1 atom stereocenters. The van der Waals surface area contributed by atoms with Crippen LogP contribution in [0.1, 0.15) is 46.0 Å². The third-order valence-electron chi connectivity index (χ3n) is 4.59. The zero-order chi connectivity index (χ0) is 15.1. The van der Waals surface area contributed by atoms with Crippen molar-refractivity contribution >= 4 is 5.91 Å². The van der Waals surface area contributed by atoms with Gasteiger partial charge in [0.05, 0.1) is 0 Å². The highest BCUT2D eigenvalue weighted by Gasteiger charge is 2.25. The molecule has 1 rings (SSSR count). The van der Waals surface area contributed by atoms with Gasteiger partial charge < -0.3 is 15.5 Å². The van der Waals surface area contributed by atoms with Crippen LogP contribution in [0, 0.1) is 11.8 Å². The maximum absolute atomic E-state index is 12.5. The topological polar surface area (TPSA) is 49.6 Å². The number of amides is 1. The first kappa shape index (κ1) is 17.4. The Morgan fingerprint density at radius 3 is 2.20 bits per heavy atom. The first-order valence-electron chi connectivity index (χ1n) is 8.12. The van der Waals surface area contributed by atoms with Gasteiger partial charge in [-0.1, -0.05) is 0 Å². The summed E-state index contributed by atoms with van der Waals surface area (Å²) in [5.74, 6) is 1.60. The number of carbonyl (C=O) groups is 1. The molecule has 1 unspecified atom stereocenters. The van der Waals surface area contributed by atoms with Crippen LogP contribution in [0.4, 0.5) is 0 Å². The van der Waals surface area contributed by atoms with Crippen LogP contribution in [-0.4, -0.2) is 55.5 Å². The van der Waals surface area contributed by atoms with Crippen molar-refractivity contribution in [2.75, 3.05) is 33.7 Å². The van der Waals surface area contributed by atoms with Crippen LogP contribution >= 0.6 is 0 Å². The Morgan fingerprint density at radius 1 is 1.20 bits per heavy atom. The summed E-state index contributed by atoms with van der Waals surface area (Å²) in [7, 11) is 4.12. The zero-order valence-corrected chi connectivity index (χ0v) is 13.8. The van der Waals surface area contributed by atoms with Gasteiger partial charge in [-0.05, 0) is 72.0 Å². The van der Waals surface area contributed by atoms with Crippen molar-refractivity contribution in [1.29, 1.82) is 0 Å². The lowest BCUT2D eigenvalue weighted by Gasteiger charge is -2.33. The Bertz CT molecular complexity index is 285. The van der Waals surface area contributed by atoms with Crippen LogP contribution < -0.4 is 5.73 Å². The SMILES string of the molecule is CCN(C(=O)CC1CCC(CN)CC1)C(C)CN(C)C. The summed E-state index contributed by atoms with van der Waals surface area (Å²) in [6, 6.07) is 0.294. The molecule has 118 valence electrons. The molecule has 1 saturated carbocycles. The molecule has 0 aromatic rings. The van der Waals surface area contributed by atoms with Gasteiger partial charge in [-0.25, -0.2) is 0 Å². The lowest BCUT2D eigenvalue weighted by molar-refractivity contribution is -0.134. The summed E-state index contributed by atoms with van der Waals surface area (Å²) in [5, 5.41) is 0. The second-order valence-electron chi connectivity index (χ2n) is 6.62. The number of hydrogen-bond acceptors (Lipinski definition) is 3. The Morgan fingerprint density at radius 2 is 1.75 bits per heavy atom. The maximum atomic E-state index is 12.5. The van der Waals surface area contributed by atoms with Gasteiger partial charge in [-0.3, -0.25) is 4.79 Å². The Labute approximate surface area is 124 Å². The molecular weight excluding hydrogens is 250 g/mol. The third kappa shape index (κ3) is 5.41. The van der Waals surface area contributed by atoms with Crippen molar-refractivity contribution in [3.05, 3.63) is 0 Å². The quantitative estimate of drug-likeness (QED) is 0.777. The average molecular weight is 283 g/mol. The Kier molecular flexibility index (Phi) is 7.52. The molecule has 20 heavy (non-hydrogen) atoms. The normalized spacial score (nSPS) is 24.7. The van der Waals surface area contributed by atoms with Gasteiger partial charge in [0, 0.05) is 25.6 Å². The van der Waals surface area contributed by atoms with E-state index < -0.39 is 0 Å². The lowest BCUT2D eigenvalue weighted by Crippen LogP contribution is -2.44. The van der Waals surface area contributed by atoms with Crippen LogP contribution in [0.15, 0.2) is 0 Å². The second kappa shape index (κ2) is 8.63. The predicted octanol–water partition coefficient (Wildman–Crippen LogP) is 1.94. The van der Waals surface area contributed by atoms with Crippen molar-refractivity contribution in [3.8, 4) is 0 Å². The summed E-state index contributed by atoms with van der Waals surface area (Å²) in [6.45, 7) is 6.77. The van der Waals surface area contributed by atoms with E-state index in [-0.39, 0.29) is 0 Å². The smallest absolute Gasteiger partial charge is 0.223 e. The number of hydrogen-bond donors (Lipinski definition) is 1. The molecule has 0 heterocycles. The van der Waals surface area contributed by atoms with Crippen molar-refractivity contribution in [1.82, 2.24) is 9.80 Å². The summed E-state index contributed by atoms with van der Waals surface area (Å²) in [6.07, 6.45) is 5.48. The minimum absolute atomic E-state index is 0.294. The van der Waals surface area contributed by atoms with Crippen molar-refractivity contribution in [2.24, 2.45) is 17.6 Å². The molecule has 1 aliphatic carbocycles. The van der Waals surface area contributed by atoms with E-state index in [2.05, 4.69) is 32.8 Å². The molecule has 1 amide bonds. The van der Waals surface area contributed by atoms with Gasteiger partial charge in [0.1, 0.15) is 0 Å². The van der Waals surface area contributed by atoms with E-state index in [1.54, 1.807) is 0 Å². The second-order valence-corrected chi connectivity index (χ2v) is 6.62. The average Bonchev–Trinajstić information content (AvgIpc) is 2.39. The van der Waals surface area contributed by atoms with E-state index in [1.807, 2.05) is 4.90 Å². The van der Waals surface area contributed by atoms with E-state index >= 15 is 0 Å². The fourth-order valence-corrected chi connectivity index (χ4v) is 3.40. The third-order valence-corrected chi connectivity index (χ3v) is 4.59. The molecule has 0 saturated heterocycles. The first-order valence-corrected chi connectivity index (χ1v) is 8.12. The Balaban J connectivity index is 2.43. The minimum atomic E-state index is 0.294. The molecule has 1 fully saturated rings. The largest absolute Gasteiger partial charge is 0.339 e. The van der Waals surface area contributed by atoms with Crippen LogP contribution in [0.2, 0.25) is 0 Å². The monoisotopic (exact) mass is 283 g/mol. The highest BCUT2D eigenvalue weighted by molar-refractivity contribution is 5.76. The number of rotatable bonds is 7. The zero-order valence-electron chi connectivity index (χ0n) is 13.8. The van der Waals surface area contributed by atoms with E-state index in [9.17, 15) is 4.79 Å². The molecule has 0 aromatic heterocycles. The molecule has 2 N–H and O–H groups in total. The fraction of sp³-hybridized carbons (Fsp3) is 0.938. The van der Waals surface area contributed by atoms with E-state index in [4.69, 9.17) is 5.73 Å². The molecule has 4 heteroatoms. The predicted molar refractivity (Wildman–Crippen MR) is 84.5 cm³/mol. The van der Waals surface area contributed by atoms with Gasteiger partial charge in [0.2, 0.25) is 5.91 Å². The van der Waals surface area contributed by atoms with Gasteiger partial charge in [-0.15, -0.1) is 0 Å². The van der Waals surface area contributed by atoms with Gasteiger partial charge in [-0.2, -0.15) is 0 Å². The molecule has 0 bridgehead atoms. The van der Waals surface area contributed by atoms with Gasteiger partial charge in [0.25, 0.3) is 0 Å².